The van der Waals surface area contributed by atoms with Gasteiger partial charge in [0.1, 0.15) is 11.6 Å². The lowest BCUT2D eigenvalue weighted by Gasteiger charge is -2.37. The van der Waals surface area contributed by atoms with Crippen LogP contribution in [0.15, 0.2) is 72.8 Å². The number of aromatic nitrogens is 6. The van der Waals surface area contributed by atoms with Crippen LogP contribution in [0.2, 0.25) is 0 Å². The molecule has 6 aromatic rings. The molecule has 2 aromatic carbocycles. The van der Waals surface area contributed by atoms with Gasteiger partial charge in [0.25, 0.3) is 11.8 Å². The third kappa shape index (κ3) is 9.16. The monoisotopic (exact) mass is 948 g/mol. The van der Waals surface area contributed by atoms with Crippen LogP contribution in [0.4, 0.5) is 23.5 Å². The van der Waals surface area contributed by atoms with Crippen LogP contribution in [0.3, 0.4) is 0 Å². The van der Waals surface area contributed by atoms with Crippen LogP contribution in [-0.2, 0) is 18.9 Å². The minimum Gasteiger partial charge on any atom is -0.383 e. The van der Waals surface area contributed by atoms with Crippen LogP contribution < -0.4 is 30.2 Å². The number of carbonyl (C=O) groups excluding carboxylic acids is 2. The molecule has 4 aromatic heterocycles. The zero-order valence-corrected chi connectivity index (χ0v) is 40.2. The van der Waals surface area contributed by atoms with E-state index in [4.69, 9.17) is 48.9 Å². The predicted molar refractivity (Wildman–Crippen MR) is 268 cm³/mol. The second kappa shape index (κ2) is 19.7. The average Bonchev–Trinajstić information content (AvgIpc) is 4.02. The van der Waals surface area contributed by atoms with Gasteiger partial charge in [-0.3, -0.25) is 9.59 Å². The van der Waals surface area contributed by atoms with Crippen molar-refractivity contribution in [1.82, 2.24) is 40.5 Å². The molecule has 2 amide bonds. The average molecular weight is 949 g/mol. The Morgan fingerprint density at radius 1 is 0.643 bits per heavy atom. The fourth-order valence-electron chi connectivity index (χ4n) is 10.8. The Bertz CT molecular complexity index is 2880. The van der Waals surface area contributed by atoms with E-state index in [1.807, 2.05) is 72.6 Å². The largest absolute Gasteiger partial charge is 0.383 e. The molecule has 70 heavy (non-hydrogen) atoms. The number of pyridine rings is 2. The lowest BCUT2D eigenvalue weighted by molar-refractivity contribution is 0.0301. The number of ether oxygens (including phenoxy) is 4. The Hall–Kier alpha value is -6.60. The summed E-state index contributed by atoms with van der Waals surface area (Å²) in [6.45, 7) is 6.00. The maximum absolute atomic E-state index is 12.2. The van der Waals surface area contributed by atoms with Crippen molar-refractivity contribution in [1.29, 1.82) is 0 Å². The van der Waals surface area contributed by atoms with Crippen molar-refractivity contribution < 1.29 is 28.5 Å². The molecule has 10 heterocycles. The number of carbonyl (C=O) groups is 2. The van der Waals surface area contributed by atoms with Crippen LogP contribution in [0.25, 0.3) is 44.6 Å². The highest BCUT2D eigenvalue weighted by atomic mass is 16.5. The number of hydrogen-bond acceptors (Lipinski definition) is 16. The van der Waals surface area contributed by atoms with Crippen molar-refractivity contribution in [2.75, 3.05) is 100 Å². The number of morpholine rings is 3. The van der Waals surface area contributed by atoms with Crippen LogP contribution in [0.5, 0.6) is 0 Å². The highest BCUT2D eigenvalue weighted by molar-refractivity contribution is 5.97. The first kappa shape index (κ1) is 45.8. The summed E-state index contributed by atoms with van der Waals surface area (Å²) in [6.07, 6.45) is 7.61. The van der Waals surface area contributed by atoms with Gasteiger partial charge in [-0.25, -0.2) is 9.97 Å². The summed E-state index contributed by atoms with van der Waals surface area (Å²) < 4.78 is 23.2. The molecule has 18 heteroatoms. The van der Waals surface area contributed by atoms with Gasteiger partial charge >= 0.3 is 0 Å². The second-order valence-electron chi connectivity index (χ2n) is 19.1. The van der Waals surface area contributed by atoms with Crippen molar-refractivity contribution in [3.63, 3.8) is 0 Å². The van der Waals surface area contributed by atoms with Crippen molar-refractivity contribution in [2.45, 2.75) is 75.0 Å². The Kier molecular flexibility index (Phi) is 12.9. The third-order valence-electron chi connectivity index (χ3n) is 14.5. The number of nitrogens with zero attached hydrogens (tertiary/aromatic N) is 10. The molecule has 18 nitrogen and oxygen atoms in total. The van der Waals surface area contributed by atoms with E-state index in [0.717, 1.165) is 116 Å². The first-order chi connectivity index (χ1) is 34.2. The summed E-state index contributed by atoms with van der Waals surface area (Å²) in [5.74, 6) is 2.95. The molecule has 6 bridgehead atoms. The van der Waals surface area contributed by atoms with Crippen molar-refractivity contribution in [3.8, 4) is 22.5 Å². The second-order valence-corrected chi connectivity index (χ2v) is 19.1. The quantitative estimate of drug-likeness (QED) is 0.171. The van der Waals surface area contributed by atoms with Gasteiger partial charge in [-0.05, 0) is 87.1 Å². The fourth-order valence-corrected chi connectivity index (χ4v) is 10.8. The molecular formula is C52H60N12O6. The highest BCUT2D eigenvalue weighted by Gasteiger charge is 2.41. The SMILES string of the molecule is CNC(=O)c1cccc(-c2ccc3c(N4CC5CCC(C4)O5)nc(N(C)CCOC)nc3n2)c1.CNC(=O)c1cccc(-c2ccc3c(N4CC5CCC(C4)O5)nc(N4C5CCC4COC5)nc3n2)c1. The lowest BCUT2D eigenvalue weighted by Crippen LogP contribution is -2.47. The number of anilines is 4. The van der Waals surface area contributed by atoms with Crippen molar-refractivity contribution in [3.05, 3.63) is 83.9 Å². The Morgan fingerprint density at radius 3 is 1.64 bits per heavy atom. The number of benzene rings is 2. The van der Waals surface area contributed by atoms with E-state index in [-0.39, 0.29) is 36.2 Å². The van der Waals surface area contributed by atoms with Gasteiger partial charge in [-0.2, -0.15) is 19.9 Å². The molecule has 0 aliphatic carbocycles. The molecule has 0 saturated carbocycles. The van der Waals surface area contributed by atoms with Crippen molar-refractivity contribution >= 4 is 57.4 Å². The summed E-state index contributed by atoms with van der Waals surface area (Å²) in [6, 6.07) is 23.7. The maximum Gasteiger partial charge on any atom is 0.251 e. The standard InChI is InChI=1S/C27H30N6O3.C25H30N6O3/c1-28-26(34)17-4-2-3-16(11-17)23-10-9-22-24(29-23)30-27(33-18-5-6-19(33)15-35-14-18)31-25(22)32-12-20-7-8-21(13-32)36-20;1-26-24(32)17-6-4-5-16(13-17)21-10-9-20-22(27-21)28-25(30(2)11-12-33-3)29-23(20)31-14-18-7-8-19(15-31)34-18/h2-4,9-11,18-21H,5-8,12-15H2,1H3,(H,28,34);4-6,9-10,13,18-19H,7-8,11-12,14-15H2,1-3H3,(H,26,32). The highest BCUT2D eigenvalue weighted by Crippen LogP contribution is 2.38. The van der Waals surface area contributed by atoms with E-state index >= 15 is 0 Å². The van der Waals surface area contributed by atoms with E-state index in [1.165, 1.54) is 0 Å². The van der Waals surface area contributed by atoms with Gasteiger partial charge in [-0.1, -0.05) is 24.3 Å². The normalized spacial score (nSPS) is 23.3. The molecule has 12 rings (SSSR count). The molecule has 6 aliphatic rings. The number of fused-ring (bicyclic) bond motifs is 8. The molecule has 6 aliphatic heterocycles. The number of rotatable bonds is 11. The summed E-state index contributed by atoms with van der Waals surface area (Å²) in [7, 11) is 6.91. The Morgan fingerprint density at radius 2 is 1.14 bits per heavy atom. The molecule has 0 radical (unpaired) electrons. The number of likely N-dealkylation sites (N-methyl/N-ethyl adjacent to an activating group) is 1. The summed E-state index contributed by atoms with van der Waals surface area (Å²) in [5, 5.41) is 7.23. The van der Waals surface area contributed by atoms with E-state index in [2.05, 4.69) is 31.4 Å². The van der Waals surface area contributed by atoms with Crippen molar-refractivity contribution in [2.24, 2.45) is 0 Å². The van der Waals surface area contributed by atoms with Gasteiger partial charge in [0.2, 0.25) is 11.9 Å². The minimum atomic E-state index is -0.128. The molecule has 0 spiro atoms. The minimum absolute atomic E-state index is 0.116. The molecule has 6 unspecified atom stereocenters. The third-order valence-corrected chi connectivity index (χ3v) is 14.5. The number of amides is 2. The fraction of sp³-hybridized carbons (Fsp3) is 0.462. The van der Waals surface area contributed by atoms with Crippen LogP contribution in [-0.4, -0.2) is 159 Å². The molecule has 364 valence electrons. The van der Waals surface area contributed by atoms with Crippen LogP contribution in [0, 0.1) is 0 Å². The van der Waals surface area contributed by atoms with E-state index in [1.54, 1.807) is 27.3 Å². The first-order valence-electron chi connectivity index (χ1n) is 24.6. The summed E-state index contributed by atoms with van der Waals surface area (Å²) in [5.41, 5.74) is 5.81. The number of hydrogen-bond donors (Lipinski definition) is 2. The Balaban J connectivity index is 0.000000153. The molecule has 6 fully saturated rings. The van der Waals surface area contributed by atoms with Crippen LogP contribution >= 0.6 is 0 Å². The summed E-state index contributed by atoms with van der Waals surface area (Å²) in [4.78, 5) is 63.2. The molecule has 6 saturated heterocycles. The summed E-state index contributed by atoms with van der Waals surface area (Å²) >= 11 is 0. The van der Waals surface area contributed by atoms with Gasteiger partial charge in [0, 0.05) is 83.2 Å². The number of nitrogens with one attached hydrogen (secondary N) is 2. The topological polar surface area (TPSA) is 185 Å². The molecule has 6 atom stereocenters. The van der Waals surface area contributed by atoms with Gasteiger partial charge < -0.3 is 49.2 Å². The zero-order valence-electron chi connectivity index (χ0n) is 40.2. The number of methoxy groups -OCH3 is 1. The Labute approximate surface area is 407 Å². The predicted octanol–water partition coefficient (Wildman–Crippen LogP) is 5.29. The van der Waals surface area contributed by atoms with E-state index < -0.39 is 0 Å². The molecule has 2 N–H and O–H groups in total. The van der Waals surface area contributed by atoms with Crippen LogP contribution in [0.1, 0.15) is 59.2 Å². The maximum atomic E-state index is 12.2. The molecular weight excluding hydrogens is 889 g/mol. The van der Waals surface area contributed by atoms with Gasteiger partial charge in [0.05, 0.1) is 78.5 Å². The van der Waals surface area contributed by atoms with E-state index in [9.17, 15) is 9.59 Å². The van der Waals surface area contributed by atoms with Gasteiger partial charge in [0.15, 0.2) is 11.3 Å². The lowest BCUT2D eigenvalue weighted by atomic mass is 10.1. The smallest absolute Gasteiger partial charge is 0.251 e. The zero-order chi connectivity index (χ0) is 47.9. The van der Waals surface area contributed by atoms with E-state index in [0.29, 0.717) is 66.8 Å². The van der Waals surface area contributed by atoms with Gasteiger partial charge in [-0.15, -0.1) is 0 Å². The first-order valence-corrected chi connectivity index (χ1v) is 24.6.